The zero-order valence-corrected chi connectivity index (χ0v) is 12.0. The molecule has 0 unspecified atom stereocenters. The van der Waals surface area contributed by atoms with Gasteiger partial charge in [0.15, 0.2) is 0 Å². The molecule has 4 nitrogen and oxygen atoms in total. The zero-order chi connectivity index (χ0) is 14.0. The molecule has 1 aromatic heterocycles. The SMILES string of the molecule is NCC1(C(=O)Nc2ccc(-c3nccs3)cc2)CCC1. The van der Waals surface area contributed by atoms with Crippen LogP contribution in [0, 0.1) is 5.41 Å². The van der Waals surface area contributed by atoms with Crippen LogP contribution in [0.1, 0.15) is 19.3 Å². The first-order chi connectivity index (χ1) is 9.73. The molecule has 20 heavy (non-hydrogen) atoms. The first-order valence-corrected chi connectivity index (χ1v) is 7.63. The number of hydrogen-bond donors (Lipinski definition) is 2. The highest BCUT2D eigenvalue weighted by Crippen LogP contribution is 2.40. The second-order valence-corrected chi connectivity index (χ2v) is 6.10. The number of nitrogens with zero attached hydrogens (tertiary/aromatic N) is 1. The molecular formula is C15H17N3OS. The molecule has 0 atom stereocenters. The third-order valence-electron chi connectivity index (χ3n) is 4.01. The van der Waals surface area contributed by atoms with Crippen molar-refractivity contribution >= 4 is 22.9 Å². The van der Waals surface area contributed by atoms with Crippen molar-refractivity contribution in [1.29, 1.82) is 0 Å². The smallest absolute Gasteiger partial charge is 0.231 e. The summed E-state index contributed by atoms with van der Waals surface area (Å²) < 4.78 is 0. The number of anilines is 1. The van der Waals surface area contributed by atoms with Crippen molar-refractivity contribution in [2.75, 3.05) is 11.9 Å². The van der Waals surface area contributed by atoms with Crippen LogP contribution < -0.4 is 11.1 Å². The average Bonchev–Trinajstić information content (AvgIpc) is 2.93. The number of aromatic nitrogens is 1. The van der Waals surface area contributed by atoms with Gasteiger partial charge in [0, 0.05) is 29.4 Å². The maximum atomic E-state index is 12.3. The first kappa shape index (κ1) is 13.3. The molecule has 3 rings (SSSR count). The van der Waals surface area contributed by atoms with Crippen LogP contribution in [0.4, 0.5) is 5.69 Å². The minimum atomic E-state index is -0.339. The van der Waals surface area contributed by atoms with E-state index in [1.165, 1.54) is 0 Å². The standard InChI is InChI=1S/C15H17N3OS/c16-10-15(6-1-7-15)14(19)18-12-4-2-11(3-5-12)13-17-8-9-20-13/h2-5,8-9H,1,6-7,10,16H2,(H,18,19). The molecule has 1 heterocycles. The highest BCUT2D eigenvalue weighted by atomic mass is 32.1. The quantitative estimate of drug-likeness (QED) is 0.908. The van der Waals surface area contributed by atoms with Crippen LogP contribution in [0.5, 0.6) is 0 Å². The normalized spacial score (nSPS) is 16.4. The number of thiazole rings is 1. The fraction of sp³-hybridized carbons (Fsp3) is 0.333. The van der Waals surface area contributed by atoms with E-state index >= 15 is 0 Å². The summed E-state index contributed by atoms with van der Waals surface area (Å²) in [5.74, 6) is 0.0493. The lowest BCUT2D eigenvalue weighted by atomic mass is 9.68. The number of rotatable bonds is 4. The van der Waals surface area contributed by atoms with Gasteiger partial charge in [-0.2, -0.15) is 0 Å². The number of carbonyl (C=O) groups is 1. The number of benzene rings is 1. The van der Waals surface area contributed by atoms with Crippen LogP contribution in [0.2, 0.25) is 0 Å². The van der Waals surface area contributed by atoms with E-state index in [2.05, 4.69) is 10.3 Å². The molecule has 1 saturated carbocycles. The van der Waals surface area contributed by atoms with E-state index in [9.17, 15) is 4.79 Å². The lowest BCUT2D eigenvalue weighted by Gasteiger charge is -2.39. The van der Waals surface area contributed by atoms with Gasteiger partial charge in [0.25, 0.3) is 0 Å². The van der Waals surface area contributed by atoms with Crippen LogP contribution in [0.25, 0.3) is 10.6 Å². The molecule has 0 radical (unpaired) electrons. The molecule has 5 heteroatoms. The van der Waals surface area contributed by atoms with Gasteiger partial charge >= 0.3 is 0 Å². The molecular weight excluding hydrogens is 270 g/mol. The van der Waals surface area contributed by atoms with E-state index in [4.69, 9.17) is 5.73 Å². The van der Waals surface area contributed by atoms with Gasteiger partial charge in [-0.25, -0.2) is 4.98 Å². The van der Waals surface area contributed by atoms with Crippen molar-refractivity contribution in [3.8, 4) is 10.6 Å². The zero-order valence-electron chi connectivity index (χ0n) is 11.1. The minimum absolute atomic E-state index is 0.0493. The maximum Gasteiger partial charge on any atom is 0.231 e. The van der Waals surface area contributed by atoms with E-state index in [1.807, 2.05) is 29.6 Å². The summed E-state index contributed by atoms with van der Waals surface area (Å²) in [4.78, 5) is 16.5. The number of carbonyl (C=O) groups excluding carboxylic acids is 1. The fourth-order valence-electron chi connectivity index (χ4n) is 2.45. The Hall–Kier alpha value is -1.72. The maximum absolute atomic E-state index is 12.3. The predicted octanol–water partition coefficient (Wildman–Crippen LogP) is 2.88. The van der Waals surface area contributed by atoms with E-state index in [1.54, 1.807) is 17.5 Å². The Balaban J connectivity index is 1.71. The number of nitrogens with one attached hydrogen (secondary N) is 1. The lowest BCUT2D eigenvalue weighted by Crippen LogP contribution is -2.47. The van der Waals surface area contributed by atoms with Crippen molar-refractivity contribution in [2.24, 2.45) is 11.1 Å². The summed E-state index contributed by atoms with van der Waals surface area (Å²) in [7, 11) is 0. The molecule has 104 valence electrons. The Kier molecular flexibility index (Phi) is 3.54. The molecule has 2 aromatic rings. The molecule has 0 aliphatic heterocycles. The van der Waals surface area contributed by atoms with Gasteiger partial charge in [-0.3, -0.25) is 4.79 Å². The molecule has 1 aliphatic carbocycles. The molecule has 0 saturated heterocycles. The van der Waals surface area contributed by atoms with E-state index < -0.39 is 0 Å². The molecule has 3 N–H and O–H groups in total. The summed E-state index contributed by atoms with van der Waals surface area (Å²) in [6.07, 6.45) is 4.67. The Morgan fingerprint density at radius 3 is 2.60 bits per heavy atom. The van der Waals surface area contributed by atoms with Gasteiger partial charge in [-0.15, -0.1) is 11.3 Å². The second-order valence-electron chi connectivity index (χ2n) is 5.21. The summed E-state index contributed by atoms with van der Waals surface area (Å²) in [6, 6.07) is 7.78. The van der Waals surface area contributed by atoms with Crippen molar-refractivity contribution in [2.45, 2.75) is 19.3 Å². The van der Waals surface area contributed by atoms with E-state index in [0.717, 1.165) is 35.5 Å². The molecule has 1 aromatic carbocycles. The highest BCUT2D eigenvalue weighted by molar-refractivity contribution is 7.13. The monoisotopic (exact) mass is 287 g/mol. The molecule has 0 bridgehead atoms. The van der Waals surface area contributed by atoms with Gasteiger partial charge in [0.05, 0.1) is 5.41 Å². The third kappa shape index (κ3) is 2.34. The van der Waals surface area contributed by atoms with Crippen LogP contribution in [-0.4, -0.2) is 17.4 Å². The average molecular weight is 287 g/mol. The van der Waals surface area contributed by atoms with Crippen LogP contribution in [0.15, 0.2) is 35.8 Å². The van der Waals surface area contributed by atoms with Crippen molar-refractivity contribution in [1.82, 2.24) is 4.98 Å². The topological polar surface area (TPSA) is 68.0 Å². The van der Waals surface area contributed by atoms with Crippen molar-refractivity contribution in [3.63, 3.8) is 0 Å². The first-order valence-electron chi connectivity index (χ1n) is 6.75. The van der Waals surface area contributed by atoms with Crippen molar-refractivity contribution < 1.29 is 4.79 Å². The minimum Gasteiger partial charge on any atom is -0.329 e. The Labute approximate surface area is 122 Å². The van der Waals surface area contributed by atoms with Crippen LogP contribution >= 0.6 is 11.3 Å². The van der Waals surface area contributed by atoms with E-state index in [-0.39, 0.29) is 11.3 Å². The van der Waals surface area contributed by atoms with Gasteiger partial charge in [-0.1, -0.05) is 6.42 Å². The molecule has 0 spiro atoms. The van der Waals surface area contributed by atoms with Gasteiger partial charge < -0.3 is 11.1 Å². The van der Waals surface area contributed by atoms with Gasteiger partial charge in [-0.05, 0) is 37.1 Å². The molecule has 1 amide bonds. The predicted molar refractivity (Wildman–Crippen MR) is 81.5 cm³/mol. The number of amides is 1. The van der Waals surface area contributed by atoms with Gasteiger partial charge in [0.1, 0.15) is 5.01 Å². The lowest BCUT2D eigenvalue weighted by molar-refractivity contribution is -0.129. The number of nitrogens with two attached hydrogens (primary N) is 1. The number of hydrogen-bond acceptors (Lipinski definition) is 4. The Bertz CT molecular complexity index is 583. The fourth-order valence-corrected chi connectivity index (χ4v) is 3.10. The molecule has 1 aliphatic rings. The van der Waals surface area contributed by atoms with Crippen LogP contribution in [-0.2, 0) is 4.79 Å². The van der Waals surface area contributed by atoms with Crippen LogP contribution in [0.3, 0.4) is 0 Å². The largest absolute Gasteiger partial charge is 0.329 e. The summed E-state index contributed by atoms with van der Waals surface area (Å²) in [5.41, 5.74) is 7.28. The highest BCUT2D eigenvalue weighted by Gasteiger charge is 2.42. The Morgan fingerprint density at radius 2 is 2.10 bits per heavy atom. The van der Waals surface area contributed by atoms with Crippen molar-refractivity contribution in [3.05, 3.63) is 35.8 Å². The third-order valence-corrected chi connectivity index (χ3v) is 4.83. The Morgan fingerprint density at radius 1 is 1.35 bits per heavy atom. The summed E-state index contributed by atoms with van der Waals surface area (Å²) in [5, 5.41) is 5.91. The summed E-state index contributed by atoms with van der Waals surface area (Å²) in [6.45, 7) is 0.427. The molecule has 1 fully saturated rings. The second kappa shape index (κ2) is 5.34. The van der Waals surface area contributed by atoms with Gasteiger partial charge in [0.2, 0.25) is 5.91 Å². The van der Waals surface area contributed by atoms with E-state index in [0.29, 0.717) is 6.54 Å². The summed E-state index contributed by atoms with van der Waals surface area (Å²) >= 11 is 1.60.